The topological polar surface area (TPSA) is 104 Å². The highest BCUT2D eigenvalue weighted by Gasteiger charge is 2.18. The van der Waals surface area contributed by atoms with Gasteiger partial charge in [0.25, 0.3) is 10.2 Å². The second-order valence-electron chi connectivity index (χ2n) is 5.14. The van der Waals surface area contributed by atoms with E-state index in [4.69, 9.17) is 5.14 Å². The van der Waals surface area contributed by atoms with Crippen LogP contribution < -0.4 is 20.7 Å². The van der Waals surface area contributed by atoms with Crippen LogP contribution in [0, 0.1) is 0 Å². The number of nitrogens with two attached hydrogens (primary N) is 1. The Labute approximate surface area is 131 Å². The lowest BCUT2D eigenvalue weighted by molar-refractivity contribution is 0.360. The molecule has 0 bridgehead atoms. The molecule has 2 aliphatic heterocycles. The summed E-state index contributed by atoms with van der Waals surface area (Å²) in [5, 5.41) is 11.2. The minimum Gasteiger partial charge on any atom is -0.368 e. The summed E-state index contributed by atoms with van der Waals surface area (Å²) in [6.07, 6.45) is 3.73. The third-order valence-corrected chi connectivity index (χ3v) is 4.65. The zero-order valence-electron chi connectivity index (χ0n) is 12.6. The van der Waals surface area contributed by atoms with Gasteiger partial charge in [0.15, 0.2) is 0 Å². The van der Waals surface area contributed by atoms with Crippen molar-refractivity contribution in [2.75, 3.05) is 57.3 Å². The van der Waals surface area contributed by atoms with Gasteiger partial charge in [-0.25, -0.2) is 5.14 Å². The average Bonchev–Trinajstić information content (AvgIpc) is 2.57. The van der Waals surface area contributed by atoms with Crippen molar-refractivity contribution in [2.45, 2.75) is 0 Å². The fourth-order valence-electron chi connectivity index (χ4n) is 2.36. The molecule has 9 heteroatoms. The maximum atomic E-state index is 10.7. The molecule has 8 nitrogen and oxygen atoms in total. The Morgan fingerprint density at radius 3 is 2.09 bits per heavy atom. The summed E-state index contributed by atoms with van der Waals surface area (Å²) in [6, 6.07) is 4.09. The van der Waals surface area contributed by atoms with Crippen molar-refractivity contribution in [2.24, 2.45) is 5.14 Å². The summed E-state index contributed by atoms with van der Waals surface area (Å²) in [4.78, 5) is 6.45. The molecule has 0 atom stereocenters. The number of piperazine rings is 2. The first-order valence-corrected chi connectivity index (χ1v) is 8.92. The highest BCUT2D eigenvalue weighted by atomic mass is 32.2. The van der Waals surface area contributed by atoms with Crippen LogP contribution in [-0.2, 0) is 10.2 Å². The van der Waals surface area contributed by atoms with Crippen molar-refractivity contribution in [1.82, 2.24) is 19.9 Å². The smallest absolute Gasteiger partial charge is 0.276 e. The first-order valence-electron chi connectivity index (χ1n) is 7.41. The van der Waals surface area contributed by atoms with E-state index in [1.807, 2.05) is 18.5 Å². The molecular formula is C13H24N6O2S. The Bertz CT molecular complexity index is 527. The van der Waals surface area contributed by atoms with Crippen molar-refractivity contribution in [3.63, 3.8) is 0 Å². The van der Waals surface area contributed by atoms with E-state index in [1.54, 1.807) is 0 Å². The summed E-state index contributed by atoms with van der Waals surface area (Å²) in [5.41, 5.74) is 1.24. The molecule has 22 heavy (non-hydrogen) atoms. The van der Waals surface area contributed by atoms with Gasteiger partial charge in [0.05, 0.1) is 11.9 Å². The molecule has 1 aromatic rings. The quantitative estimate of drug-likeness (QED) is 0.616. The minimum absolute atomic E-state index is 0.485. The third kappa shape index (κ3) is 5.50. The maximum absolute atomic E-state index is 10.7. The van der Waals surface area contributed by atoms with Crippen molar-refractivity contribution in [3.05, 3.63) is 24.5 Å². The summed E-state index contributed by atoms with van der Waals surface area (Å²) in [5.74, 6) is 0. The van der Waals surface area contributed by atoms with E-state index in [2.05, 4.69) is 26.6 Å². The van der Waals surface area contributed by atoms with E-state index in [-0.39, 0.29) is 0 Å². The molecule has 3 rings (SSSR count). The van der Waals surface area contributed by atoms with Gasteiger partial charge >= 0.3 is 0 Å². The normalized spacial score (nSPS) is 20.1. The monoisotopic (exact) mass is 328 g/mol. The largest absolute Gasteiger partial charge is 0.368 e. The molecule has 2 saturated heterocycles. The molecule has 0 aliphatic carbocycles. The number of rotatable bonds is 2. The van der Waals surface area contributed by atoms with Crippen LogP contribution in [0.1, 0.15) is 0 Å². The molecule has 0 spiro atoms. The molecule has 124 valence electrons. The summed E-state index contributed by atoms with van der Waals surface area (Å²) < 4.78 is 22.6. The molecule has 0 saturated carbocycles. The van der Waals surface area contributed by atoms with E-state index in [0.717, 1.165) is 26.2 Å². The predicted molar refractivity (Wildman–Crippen MR) is 86.9 cm³/mol. The third-order valence-electron chi connectivity index (χ3n) is 3.56. The van der Waals surface area contributed by atoms with Crippen LogP contribution in [0.3, 0.4) is 0 Å². The van der Waals surface area contributed by atoms with Gasteiger partial charge in [-0.05, 0) is 12.1 Å². The van der Waals surface area contributed by atoms with Gasteiger partial charge in [0.1, 0.15) is 0 Å². The maximum Gasteiger partial charge on any atom is 0.276 e. The molecule has 4 N–H and O–H groups in total. The zero-order valence-corrected chi connectivity index (χ0v) is 13.4. The van der Waals surface area contributed by atoms with Crippen LogP contribution >= 0.6 is 0 Å². The Balaban J connectivity index is 0.000000164. The fraction of sp³-hybridized carbons (Fsp3) is 0.615. The van der Waals surface area contributed by atoms with Crippen molar-refractivity contribution < 1.29 is 8.42 Å². The molecule has 2 aliphatic rings. The van der Waals surface area contributed by atoms with Crippen LogP contribution in [-0.4, -0.2) is 70.1 Å². The van der Waals surface area contributed by atoms with Gasteiger partial charge in [-0.3, -0.25) is 4.98 Å². The van der Waals surface area contributed by atoms with Crippen LogP contribution in [0.15, 0.2) is 24.5 Å². The molecule has 0 amide bonds. The molecular weight excluding hydrogens is 304 g/mol. The lowest BCUT2D eigenvalue weighted by Gasteiger charge is -2.28. The molecule has 0 radical (unpaired) electrons. The number of pyridine rings is 1. The molecule has 1 aromatic heterocycles. The molecule has 2 fully saturated rings. The van der Waals surface area contributed by atoms with Gasteiger partial charge in [0, 0.05) is 58.6 Å². The minimum atomic E-state index is -3.43. The SMILES string of the molecule is NS(=O)(=O)N1CCNCC1.c1cncc(N2CCNCC2)c1. The van der Waals surface area contributed by atoms with Crippen molar-refractivity contribution >= 4 is 15.9 Å². The van der Waals surface area contributed by atoms with E-state index in [9.17, 15) is 8.42 Å². The van der Waals surface area contributed by atoms with Crippen molar-refractivity contribution in [1.29, 1.82) is 0 Å². The fourth-order valence-corrected chi connectivity index (χ4v) is 3.05. The Hall–Kier alpha value is -1.26. The lowest BCUT2D eigenvalue weighted by Crippen LogP contribution is -2.48. The van der Waals surface area contributed by atoms with Gasteiger partial charge in [0.2, 0.25) is 0 Å². The second kappa shape index (κ2) is 8.39. The molecule has 0 unspecified atom stereocenters. The second-order valence-corrected chi connectivity index (χ2v) is 6.69. The van der Waals surface area contributed by atoms with Gasteiger partial charge in [-0.1, -0.05) is 0 Å². The zero-order chi connectivity index (χ0) is 15.8. The Morgan fingerprint density at radius 1 is 1.05 bits per heavy atom. The van der Waals surface area contributed by atoms with Gasteiger partial charge < -0.3 is 15.5 Å². The summed E-state index contributed by atoms with van der Waals surface area (Å²) in [6.45, 7) is 6.69. The Morgan fingerprint density at radius 2 is 1.64 bits per heavy atom. The van der Waals surface area contributed by atoms with Crippen LogP contribution in [0.4, 0.5) is 5.69 Å². The first kappa shape index (κ1) is 17.1. The van der Waals surface area contributed by atoms with Gasteiger partial charge in [-0.2, -0.15) is 12.7 Å². The van der Waals surface area contributed by atoms with E-state index in [1.165, 1.54) is 9.99 Å². The van der Waals surface area contributed by atoms with Crippen molar-refractivity contribution in [3.8, 4) is 0 Å². The number of aromatic nitrogens is 1. The molecule has 0 aromatic carbocycles. The summed E-state index contributed by atoms with van der Waals surface area (Å²) >= 11 is 0. The van der Waals surface area contributed by atoms with E-state index < -0.39 is 10.2 Å². The number of hydrogen-bond acceptors (Lipinski definition) is 6. The van der Waals surface area contributed by atoms with E-state index in [0.29, 0.717) is 26.2 Å². The Kier molecular flexibility index (Phi) is 6.52. The van der Waals surface area contributed by atoms with Crippen LogP contribution in [0.5, 0.6) is 0 Å². The number of anilines is 1. The standard InChI is InChI=1S/C9H13N3.C4H11N3O2S/c1-2-9(8-11-3-1)12-6-4-10-5-7-12;5-10(8,9)7-3-1-6-2-4-7/h1-3,8,10H,4-7H2;6H,1-4H2,(H2,5,8,9). The van der Waals surface area contributed by atoms with Crippen LogP contribution in [0.2, 0.25) is 0 Å². The highest BCUT2D eigenvalue weighted by Crippen LogP contribution is 2.11. The average molecular weight is 328 g/mol. The first-order chi connectivity index (χ1) is 10.6. The van der Waals surface area contributed by atoms with E-state index >= 15 is 0 Å². The van der Waals surface area contributed by atoms with Crippen LogP contribution in [0.25, 0.3) is 0 Å². The lowest BCUT2D eigenvalue weighted by atomic mass is 10.3. The number of nitrogens with one attached hydrogen (secondary N) is 2. The molecule has 3 heterocycles. The predicted octanol–water partition coefficient (Wildman–Crippen LogP) is -1.41. The summed E-state index contributed by atoms with van der Waals surface area (Å²) in [7, 11) is -3.43. The number of nitrogens with zero attached hydrogens (tertiary/aromatic N) is 3. The highest BCUT2D eigenvalue weighted by molar-refractivity contribution is 7.86. The number of hydrogen-bond donors (Lipinski definition) is 3. The van der Waals surface area contributed by atoms with Gasteiger partial charge in [-0.15, -0.1) is 0 Å².